The van der Waals surface area contributed by atoms with Crippen LogP contribution in [0.1, 0.15) is 232 Å². The van der Waals surface area contributed by atoms with Crippen LogP contribution in [0, 0.1) is 0 Å². The molecule has 0 radical (unpaired) electrons. The molecule has 0 aliphatic rings. The highest BCUT2D eigenvalue weighted by Gasteiger charge is 2.22. The topological polar surface area (TPSA) is 119 Å². The summed E-state index contributed by atoms with van der Waals surface area (Å²) in [6.45, 7) is 3.71. The van der Waals surface area contributed by atoms with Gasteiger partial charge in [0.25, 0.3) is 0 Å². The Kier molecular flexibility index (Phi) is 37.1. The number of unbranched alkanes of at least 4 members (excludes halogenated alkanes) is 30. The number of carbonyl (C=O) groups excluding carboxylic acids is 2. The fourth-order valence-corrected chi connectivity index (χ4v) is 6.79. The third-order valence-electron chi connectivity index (χ3n) is 9.63. The lowest BCUT2D eigenvalue weighted by Crippen LogP contribution is -2.29. The zero-order valence-electron chi connectivity index (χ0n) is 32.8. The van der Waals surface area contributed by atoms with E-state index in [0.29, 0.717) is 6.42 Å². The van der Waals surface area contributed by atoms with Crippen LogP contribution in [0.3, 0.4) is 0 Å². The quantitative estimate of drug-likeness (QED) is 0.0363. The molecule has 0 aliphatic heterocycles. The molecule has 0 bridgehead atoms. The first-order chi connectivity index (χ1) is 24.3. The maximum Gasteiger partial charge on any atom is 0.469 e. The summed E-state index contributed by atoms with van der Waals surface area (Å²) in [7, 11) is -4.74. The van der Waals surface area contributed by atoms with Crippen molar-refractivity contribution >= 4 is 19.8 Å². The molecule has 0 spiro atoms. The highest BCUT2D eigenvalue weighted by atomic mass is 31.2. The Morgan fingerprint density at radius 3 is 1.02 bits per heavy atom. The minimum atomic E-state index is -4.74. The van der Waals surface area contributed by atoms with Crippen LogP contribution in [0.2, 0.25) is 0 Å². The zero-order valence-corrected chi connectivity index (χ0v) is 33.7. The number of hydrogen-bond acceptors (Lipinski definition) is 6. The van der Waals surface area contributed by atoms with Gasteiger partial charge < -0.3 is 19.3 Å². The molecule has 0 rings (SSSR count). The Morgan fingerprint density at radius 1 is 0.440 bits per heavy atom. The highest BCUT2D eigenvalue weighted by Crippen LogP contribution is 2.36. The van der Waals surface area contributed by atoms with Crippen molar-refractivity contribution in [1.29, 1.82) is 0 Å². The van der Waals surface area contributed by atoms with Crippen molar-refractivity contribution in [2.45, 2.75) is 238 Å². The number of hydrogen-bond donors (Lipinski definition) is 2. The molecule has 0 aliphatic carbocycles. The average Bonchev–Trinajstić information content (AvgIpc) is 3.08. The standard InChI is InChI=1S/C41H81O8P/c1-3-5-7-9-11-13-15-17-18-19-20-21-22-23-24-26-27-29-31-33-35-40(42)47-37-39(38-48-50(44,45)46)49-41(43)36-34-32-30-28-25-16-14-12-10-8-6-4-2/h39H,3-38H2,1-2H3,(H2,44,45,46)/t39-/m1/s1. The molecule has 50 heavy (non-hydrogen) atoms. The Bertz CT molecular complexity index is 787. The summed E-state index contributed by atoms with van der Waals surface area (Å²) in [5.74, 6) is -0.868. The maximum absolute atomic E-state index is 12.4. The fraction of sp³-hybridized carbons (Fsp3) is 0.951. The predicted molar refractivity (Wildman–Crippen MR) is 207 cm³/mol. The summed E-state index contributed by atoms with van der Waals surface area (Å²) in [5, 5.41) is 0. The van der Waals surface area contributed by atoms with Gasteiger partial charge in [-0.25, -0.2) is 4.57 Å². The molecule has 8 nitrogen and oxygen atoms in total. The van der Waals surface area contributed by atoms with E-state index in [4.69, 9.17) is 19.3 Å². The Labute approximate surface area is 308 Å². The first-order valence-electron chi connectivity index (χ1n) is 21.3. The molecule has 0 unspecified atom stereocenters. The van der Waals surface area contributed by atoms with E-state index in [1.54, 1.807) is 0 Å². The second-order valence-electron chi connectivity index (χ2n) is 14.7. The molecular weight excluding hydrogens is 651 g/mol. The van der Waals surface area contributed by atoms with Gasteiger partial charge in [0.1, 0.15) is 6.61 Å². The van der Waals surface area contributed by atoms with Crippen molar-refractivity contribution in [2.75, 3.05) is 13.2 Å². The van der Waals surface area contributed by atoms with Crippen molar-refractivity contribution in [1.82, 2.24) is 0 Å². The van der Waals surface area contributed by atoms with Crippen molar-refractivity contribution in [3.63, 3.8) is 0 Å². The molecule has 9 heteroatoms. The van der Waals surface area contributed by atoms with Crippen LogP contribution >= 0.6 is 7.82 Å². The molecule has 0 saturated carbocycles. The van der Waals surface area contributed by atoms with Crippen LogP contribution in [-0.4, -0.2) is 41.0 Å². The summed E-state index contributed by atoms with van der Waals surface area (Å²) >= 11 is 0. The van der Waals surface area contributed by atoms with E-state index < -0.39 is 32.5 Å². The summed E-state index contributed by atoms with van der Waals surface area (Å²) < 4.78 is 26.4. The normalized spacial score (nSPS) is 12.3. The molecule has 0 fully saturated rings. The number of phosphoric acid groups is 1. The van der Waals surface area contributed by atoms with Gasteiger partial charge in [-0.05, 0) is 12.8 Å². The Morgan fingerprint density at radius 2 is 0.720 bits per heavy atom. The fourth-order valence-electron chi connectivity index (χ4n) is 6.43. The van der Waals surface area contributed by atoms with Gasteiger partial charge in [0.2, 0.25) is 0 Å². The second-order valence-corrected chi connectivity index (χ2v) is 15.9. The van der Waals surface area contributed by atoms with Crippen molar-refractivity contribution in [3.05, 3.63) is 0 Å². The molecule has 298 valence electrons. The van der Waals surface area contributed by atoms with Crippen LogP contribution in [0.15, 0.2) is 0 Å². The van der Waals surface area contributed by atoms with Gasteiger partial charge in [-0.3, -0.25) is 14.1 Å². The molecule has 0 heterocycles. The van der Waals surface area contributed by atoms with Crippen LogP contribution in [0.25, 0.3) is 0 Å². The molecule has 2 N–H and O–H groups in total. The number of phosphoric ester groups is 1. The molecule has 0 aromatic rings. The van der Waals surface area contributed by atoms with E-state index >= 15 is 0 Å². The molecule has 1 atom stereocenters. The maximum atomic E-state index is 12.4. The average molecular weight is 733 g/mol. The first kappa shape index (κ1) is 49.0. The highest BCUT2D eigenvalue weighted by molar-refractivity contribution is 7.46. The summed E-state index contributed by atoms with van der Waals surface area (Å²) in [6, 6.07) is 0. The molecule has 0 aromatic heterocycles. The zero-order chi connectivity index (χ0) is 36.8. The van der Waals surface area contributed by atoms with Crippen LogP contribution in [0.4, 0.5) is 0 Å². The molecule has 0 saturated heterocycles. The third-order valence-corrected chi connectivity index (χ3v) is 10.1. The smallest absolute Gasteiger partial charge is 0.462 e. The summed E-state index contributed by atoms with van der Waals surface area (Å²) in [4.78, 5) is 42.8. The van der Waals surface area contributed by atoms with E-state index in [-0.39, 0.29) is 19.4 Å². The van der Waals surface area contributed by atoms with Gasteiger partial charge in [0.15, 0.2) is 6.10 Å². The number of carbonyl (C=O) groups is 2. The molecular formula is C41H81O8P. The van der Waals surface area contributed by atoms with Gasteiger partial charge >= 0.3 is 19.8 Å². The summed E-state index contributed by atoms with van der Waals surface area (Å²) in [6.07, 6.45) is 39.7. The van der Waals surface area contributed by atoms with Crippen molar-refractivity contribution in [2.24, 2.45) is 0 Å². The van der Waals surface area contributed by atoms with Gasteiger partial charge in [-0.1, -0.05) is 206 Å². The number of esters is 2. The van der Waals surface area contributed by atoms with E-state index in [1.165, 1.54) is 161 Å². The van der Waals surface area contributed by atoms with Gasteiger partial charge in [-0.2, -0.15) is 0 Å². The monoisotopic (exact) mass is 733 g/mol. The third kappa shape index (κ3) is 39.8. The van der Waals surface area contributed by atoms with Gasteiger partial charge in [0, 0.05) is 12.8 Å². The lowest BCUT2D eigenvalue weighted by Gasteiger charge is -2.18. The van der Waals surface area contributed by atoms with E-state index in [9.17, 15) is 14.2 Å². The van der Waals surface area contributed by atoms with Crippen molar-refractivity contribution in [3.8, 4) is 0 Å². The van der Waals surface area contributed by atoms with Crippen LogP contribution in [-0.2, 0) is 28.2 Å². The lowest BCUT2D eigenvalue weighted by atomic mass is 10.0. The Balaban J connectivity index is 3.80. The van der Waals surface area contributed by atoms with Gasteiger partial charge in [-0.15, -0.1) is 0 Å². The minimum Gasteiger partial charge on any atom is -0.462 e. The SMILES string of the molecule is CCCCCCCCCCCCCCCCCCCCCCC(=O)OC[C@H](COP(=O)(O)O)OC(=O)CCCCCCCCCCCCCC. The van der Waals surface area contributed by atoms with Gasteiger partial charge in [0.05, 0.1) is 6.61 Å². The van der Waals surface area contributed by atoms with E-state index in [1.807, 2.05) is 0 Å². The first-order valence-corrected chi connectivity index (χ1v) is 22.9. The minimum absolute atomic E-state index is 0.219. The van der Waals surface area contributed by atoms with E-state index in [0.717, 1.165) is 38.5 Å². The number of ether oxygens (including phenoxy) is 2. The Hall–Kier alpha value is -0.950. The molecule has 0 aromatic carbocycles. The second kappa shape index (κ2) is 37.8. The lowest BCUT2D eigenvalue weighted by molar-refractivity contribution is -0.161. The predicted octanol–water partition coefficient (Wildman–Crippen LogP) is 12.9. The van der Waals surface area contributed by atoms with Crippen molar-refractivity contribution < 1.29 is 37.9 Å². The molecule has 0 amide bonds. The van der Waals surface area contributed by atoms with E-state index in [2.05, 4.69) is 18.4 Å². The number of rotatable bonds is 40. The largest absolute Gasteiger partial charge is 0.469 e. The van der Waals surface area contributed by atoms with Crippen LogP contribution in [0.5, 0.6) is 0 Å². The van der Waals surface area contributed by atoms with Crippen LogP contribution < -0.4 is 0 Å². The summed E-state index contributed by atoms with van der Waals surface area (Å²) in [5.41, 5.74) is 0.